The van der Waals surface area contributed by atoms with Crippen LogP contribution in [0.5, 0.6) is 0 Å². The first-order chi connectivity index (χ1) is 9.81. The Bertz CT molecular complexity index is 418. The predicted octanol–water partition coefficient (Wildman–Crippen LogP) is 1.69. The number of hydrogen-bond acceptors (Lipinski definition) is 6. The lowest BCUT2D eigenvalue weighted by atomic mass is 9.96. The number of hydrazine groups is 1. The summed E-state index contributed by atoms with van der Waals surface area (Å²) in [7, 11) is 0. The van der Waals surface area contributed by atoms with Crippen molar-refractivity contribution in [1.82, 2.24) is 10.0 Å². The summed E-state index contributed by atoms with van der Waals surface area (Å²) >= 11 is 0. The van der Waals surface area contributed by atoms with Gasteiger partial charge >= 0.3 is 11.9 Å². The maximum Gasteiger partial charge on any atom is 0.341 e. The molecule has 0 unspecified atom stereocenters. The van der Waals surface area contributed by atoms with Gasteiger partial charge in [-0.2, -0.15) is 0 Å². The van der Waals surface area contributed by atoms with E-state index in [4.69, 9.17) is 9.47 Å². The van der Waals surface area contributed by atoms with Gasteiger partial charge < -0.3 is 9.47 Å². The molecular weight excluding hydrogens is 272 g/mol. The lowest BCUT2D eigenvalue weighted by Crippen LogP contribution is -2.68. The van der Waals surface area contributed by atoms with E-state index in [0.29, 0.717) is 13.0 Å². The number of rotatable bonds is 4. The van der Waals surface area contributed by atoms with E-state index in [1.165, 1.54) is 0 Å². The van der Waals surface area contributed by atoms with E-state index in [9.17, 15) is 9.59 Å². The molecule has 2 fully saturated rings. The van der Waals surface area contributed by atoms with E-state index in [0.717, 1.165) is 25.8 Å². The quantitative estimate of drug-likeness (QED) is 0.581. The zero-order valence-electron chi connectivity index (χ0n) is 13.5. The molecule has 2 aliphatic heterocycles. The van der Waals surface area contributed by atoms with Crippen molar-refractivity contribution in [3.63, 3.8) is 0 Å². The van der Waals surface area contributed by atoms with Gasteiger partial charge in [-0.25, -0.2) is 19.6 Å². The zero-order chi connectivity index (χ0) is 15.7. The highest BCUT2D eigenvalue weighted by Crippen LogP contribution is 2.37. The molecular formula is C15H26N2O4. The summed E-state index contributed by atoms with van der Waals surface area (Å²) in [4.78, 5) is 25.0. The van der Waals surface area contributed by atoms with Crippen molar-refractivity contribution in [3.8, 4) is 0 Å². The Morgan fingerprint density at radius 2 is 2.14 bits per heavy atom. The fraction of sp³-hybridized carbons (Fsp3) is 0.867. The monoisotopic (exact) mass is 298 g/mol. The van der Waals surface area contributed by atoms with Crippen LogP contribution in [0, 0.1) is 0 Å². The van der Waals surface area contributed by atoms with Crippen LogP contribution in [-0.2, 0) is 19.1 Å². The number of hydrogen-bond donors (Lipinski definition) is 0. The first-order valence-corrected chi connectivity index (χ1v) is 7.74. The zero-order valence-corrected chi connectivity index (χ0v) is 13.5. The van der Waals surface area contributed by atoms with Gasteiger partial charge in [0.2, 0.25) is 5.54 Å². The molecule has 6 heteroatoms. The lowest BCUT2D eigenvalue weighted by Gasteiger charge is -2.45. The number of carbonyl (C=O) groups is 2. The van der Waals surface area contributed by atoms with Crippen molar-refractivity contribution in [3.05, 3.63) is 0 Å². The molecule has 2 rings (SSSR count). The molecule has 2 saturated heterocycles. The summed E-state index contributed by atoms with van der Waals surface area (Å²) < 4.78 is 10.8. The van der Waals surface area contributed by atoms with Crippen LogP contribution >= 0.6 is 0 Å². The topological polar surface area (TPSA) is 59.1 Å². The van der Waals surface area contributed by atoms with Crippen LogP contribution in [0.25, 0.3) is 0 Å². The van der Waals surface area contributed by atoms with E-state index < -0.39 is 23.1 Å². The van der Waals surface area contributed by atoms with E-state index in [1.807, 2.05) is 30.8 Å². The largest absolute Gasteiger partial charge is 0.458 e. The first kappa shape index (κ1) is 16.2. The van der Waals surface area contributed by atoms with Gasteiger partial charge in [0.25, 0.3) is 0 Å². The molecule has 0 saturated carbocycles. The Hall–Kier alpha value is -1.14. The van der Waals surface area contributed by atoms with Crippen molar-refractivity contribution in [2.75, 3.05) is 19.8 Å². The number of ether oxygens (including phenoxy) is 2. The minimum absolute atomic E-state index is 0.226. The lowest BCUT2D eigenvalue weighted by molar-refractivity contribution is -0.227. The van der Waals surface area contributed by atoms with Crippen LogP contribution in [0.1, 0.15) is 53.4 Å². The van der Waals surface area contributed by atoms with Crippen molar-refractivity contribution < 1.29 is 19.1 Å². The maximum atomic E-state index is 12.7. The van der Waals surface area contributed by atoms with Crippen molar-refractivity contribution >= 4 is 11.9 Å². The molecule has 21 heavy (non-hydrogen) atoms. The maximum absolute atomic E-state index is 12.7. The average molecular weight is 298 g/mol. The number of cyclic esters (lactones) is 1. The van der Waals surface area contributed by atoms with Crippen LogP contribution in [-0.4, -0.2) is 52.9 Å². The fourth-order valence-corrected chi connectivity index (χ4v) is 2.90. The molecule has 2 aliphatic rings. The van der Waals surface area contributed by atoms with Gasteiger partial charge in [0.15, 0.2) is 6.73 Å². The summed E-state index contributed by atoms with van der Waals surface area (Å²) in [5.41, 5.74) is -1.90. The van der Waals surface area contributed by atoms with Crippen LogP contribution < -0.4 is 0 Å². The van der Waals surface area contributed by atoms with Crippen molar-refractivity contribution in [1.29, 1.82) is 0 Å². The Morgan fingerprint density at radius 3 is 2.76 bits per heavy atom. The van der Waals surface area contributed by atoms with Gasteiger partial charge in [0.1, 0.15) is 5.60 Å². The highest BCUT2D eigenvalue weighted by atomic mass is 16.6. The molecule has 0 N–H and O–H groups in total. The third-order valence-electron chi connectivity index (χ3n) is 3.88. The molecule has 0 radical (unpaired) electrons. The molecule has 6 nitrogen and oxygen atoms in total. The second-order valence-electron chi connectivity index (χ2n) is 6.73. The minimum Gasteiger partial charge on any atom is -0.458 e. The normalized spacial score (nSPS) is 27.3. The highest BCUT2D eigenvalue weighted by Gasteiger charge is 2.61. The minimum atomic E-state index is -1.28. The van der Waals surface area contributed by atoms with Gasteiger partial charge in [-0.1, -0.05) is 13.3 Å². The summed E-state index contributed by atoms with van der Waals surface area (Å²) in [5, 5.41) is 3.85. The smallest absolute Gasteiger partial charge is 0.341 e. The average Bonchev–Trinajstić information content (AvgIpc) is 2.83. The summed E-state index contributed by atoms with van der Waals surface area (Å²) in [5.74, 6) is -0.958. The number of unbranched alkanes of at least 4 members (excludes halogenated alkanes) is 1. The van der Waals surface area contributed by atoms with Crippen molar-refractivity contribution in [2.45, 2.75) is 64.5 Å². The summed E-state index contributed by atoms with van der Waals surface area (Å²) in [6.45, 7) is 9.24. The Morgan fingerprint density at radius 1 is 1.43 bits per heavy atom. The van der Waals surface area contributed by atoms with Crippen LogP contribution in [0.3, 0.4) is 0 Å². The molecule has 0 aromatic heterocycles. The number of fused-ring (bicyclic) bond motifs is 1. The van der Waals surface area contributed by atoms with E-state index >= 15 is 0 Å². The second-order valence-corrected chi connectivity index (χ2v) is 6.73. The van der Waals surface area contributed by atoms with Gasteiger partial charge in [-0.05, 0) is 40.0 Å². The summed E-state index contributed by atoms with van der Waals surface area (Å²) in [6.07, 6.45) is 3.30. The van der Waals surface area contributed by atoms with Gasteiger partial charge in [0, 0.05) is 13.1 Å². The third kappa shape index (κ3) is 3.06. The predicted molar refractivity (Wildman–Crippen MR) is 77.1 cm³/mol. The van der Waals surface area contributed by atoms with Gasteiger partial charge in [-0.15, -0.1) is 0 Å². The van der Waals surface area contributed by atoms with Gasteiger partial charge in [-0.3, -0.25) is 0 Å². The van der Waals surface area contributed by atoms with Crippen LogP contribution in [0.4, 0.5) is 0 Å². The van der Waals surface area contributed by atoms with Crippen LogP contribution in [0.2, 0.25) is 0 Å². The third-order valence-corrected chi connectivity index (χ3v) is 3.88. The standard InChI is InChI=1S/C15H26N2O4/c1-5-6-9-16-11-20-12(18)15(8-7-10-17(15)16)13(19)21-14(2,3)4/h5-11H2,1-4H3/t15-/m0/s1. The Labute approximate surface area is 126 Å². The fourth-order valence-electron chi connectivity index (χ4n) is 2.90. The summed E-state index contributed by atoms with van der Waals surface area (Å²) in [6, 6.07) is 0. The van der Waals surface area contributed by atoms with Gasteiger partial charge in [0.05, 0.1) is 0 Å². The Balaban J connectivity index is 2.24. The molecule has 0 aliphatic carbocycles. The molecule has 120 valence electrons. The number of carbonyl (C=O) groups excluding carboxylic acids is 2. The molecule has 0 spiro atoms. The molecule has 0 aromatic rings. The molecule has 2 heterocycles. The number of nitrogens with zero attached hydrogens (tertiary/aromatic N) is 2. The molecule has 1 atom stereocenters. The molecule has 0 amide bonds. The first-order valence-electron chi connectivity index (χ1n) is 7.74. The van der Waals surface area contributed by atoms with E-state index in [-0.39, 0.29) is 6.73 Å². The van der Waals surface area contributed by atoms with E-state index in [1.54, 1.807) is 0 Å². The SMILES string of the molecule is CCCCN1COC(=O)[C@]2(C(=O)OC(C)(C)C)CCCN12. The highest BCUT2D eigenvalue weighted by molar-refractivity contribution is 6.05. The van der Waals surface area contributed by atoms with Crippen molar-refractivity contribution in [2.24, 2.45) is 0 Å². The molecule has 0 aromatic carbocycles. The van der Waals surface area contributed by atoms with E-state index in [2.05, 4.69) is 6.92 Å². The molecule has 0 bridgehead atoms. The Kier molecular flexibility index (Phi) is 4.58. The number of esters is 2. The second kappa shape index (κ2) is 5.93. The van der Waals surface area contributed by atoms with Crippen LogP contribution in [0.15, 0.2) is 0 Å².